The number of fused-ring (bicyclic) bond motifs is 2. The van der Waals surface area contributed by atoms with E-state index in [1.807, 2.05) is 13.0 Å². The van der Waals surface area contributed by atoms with Gasteiger partial charge in [-0.05, 0) is 30.8 Å². The van der Waals surface area contributed by atoms with Crippen molar-refractivity contribution in [1.82, 2.24) is 4.98 Å². The number of nitrogens with one attached hydrogen (secondary N) is 1. The summed E-state index contributed by atoms with van der Waals surface area (Å²) in [6, 6.07) is 5.00. The van der Waals surface area contributed by atoms with Crippen LogP contribution in [0.25, 0.3) is 22.1 Å². The summed E-state index contributed by atoms with van der Waals surface area (Å²) in [5.74, 6) is 0. The van der Waals surface area contributed by atoms with Gasteiger partial charge in [0.25, 0.3) is 4.84 Å². The highest BCUT2D eigenvalue weighted by Gasteiger charge is 2.06. The number of aromatic nitrogens is 1. The van der Waals surface area contributed by atoms with Crippen LogP contribution in [0.4, 0.5) is 0 Å². The molecule has 0 aliphatic heterocycles. The molecule has 1 aromatic carbocycles. The molecule has 0 spiro atoms. The first kappa shape index (κ1) is 9.35. The van der Waals surface area contributed by atoms with Crippen molar-refractivity contribution in [1.29, 1.82) is 0 Å². The molecule has 80 valence electrons. The summed E-state index contributed by atoms with van der Waals surface area (Å²) in [4.78, 5) is 14.5. The van der Waals surface area contributed by atoms with Crippen molar-refractivity contribution in [3.63, 3.8) is 0 Å². The molecule has 4 nitrogen and oxygen atoms in total. The van der Waals surface area contributed by atoms with Gasteiger partial charge in [-0.25, -0.2) is 4.79 Å². The van der Waals surface area contributed by atoms with Crippen molar-refractivity contribution in [3.8, 4) is 0 Å². The number of oxazole rings is 1. The molecule has 3 rings (SSSR count). The molecule has 3 aromatic rings. The lowest BCUT2D eigenvalue weighted by atomic mass is 10.1. The average Bonchev–Trinajstić information content (AvgIpc) is 2.54. The summed E-state index contributed by atoms with van der Waals surface area (Å²) in [5, 5.41) is 0.874. The van der Waals surface area contributed by atoms with Crippen LogP contribution in [0.2, 0.25) is 0 Å². The van der Waals surface area contributed by atoms with Gasteiger partial charge in [-0.15, -0.1) is 0 Å². The van der Waals surface area contributed by atoms with Crippen LogP contribution in [0.15, 0.2) is 31.8 Å². The highest BCUT2D eigenvalue weighted by Crippen LogP contribution is 2.23. The smallest absolute Gasteiger partial charge is 0.336 e. The van der Waals surface area contributed by atoms with E-state index in [-0.39, 0.29) is 5.63 Å². The largest absolute Gasteiger partial charge is 0.429 e. The molecular weight excluding hydrogens is 226 g/mol. The van der Waals surface area contributed by atoms with Crippen molar-refractivity contribution in [2.45, 2.75) is 6.92 Å². The number of rotatable bonds is 0. The van der Waals surface area contributed by atoms with Crippen molar-refractivity contribution >= 4 is 34.3 Å². The Kier molecular flexibility index (Phi) is 1.79. The van der Waals surface area contributed by atoms with Crippen LogP contribution in [0.1, 0.15) is 5.56 Å². The second-order valence-corrected chi connectivity index (χ2v) is 3.98. The fraction of sp³-hybridized carbons (Fsp3) is 0.0909. The topological polar surface area (TPSA) is 59.1 Å². The molecule has 0 bridgehead atoms. The third-order valence-electron chi connectivity index (χ3n) is 2.49. The lowest BCUT2D eigenvalue weighted by Gasteiger charge is -1.98. The van der Waals surface area contributed by atoms with E-state index in [0.29, 0.717) is 16.0 Å². The molecule has 0 saturated carbocycles. The fourth-order valence-electron chi connectivity index (χ4n) is 1.76. The van der Waals surface area contributed by atoms with E-state index in [0.717, 1.165) is 16.5 Å². The van der Waals surface area contributed by atoms with E-state index in [4.69, 9.17) is 21.1 Å². The van der Waals surface area contributed by atoms with Gasteiger partial charge < -0.3 is 13.8 Å². The molecule has 5 heteroatoms. The molecule has 2 heterocycles. The van der Waals surface area contributed by atoms with Gasteiger partial charge >= 0.3 is 5.63 Å². The van der Waals surface area contributed by atoms with Crippen LogP contribution in [-0.2, 0) is 0 Å². The highest BCUT2D eigenvalue weighted by atomic mass is 32.1. The molecule has 0 amide bonds. The zero-order chi connectivity index (χ0) is 11.3. The first-order valence-electron chi connectivity index (χ1n) is 4.71. The van der Waals surface area contributed by atoms with E-state index >= 15 is 0 Å². The van der Waals surface area contributed by atoms with Gasteiger partial charge in [0, 0.05) is 17.5 Å². The van der Waals surface area contributed by atoms with Gasteiger partial charge in [0.15, 0.2) is 5.58 Å². The Morgan fingerprint density at radius 3 is 2.81 bits per heavy atom. The maximum absolute atomic E-state index is 11.2. The van der Waals surface area contributed by atoms with Gasteiger partial charge in [-0.3, -0.25) is 0 Å². The zero-order valence-electron chi connectivity index (χ0n) is 8.37. The molecule has 2 aromatic heterocycles. The quantitative estimate of drug-likeness (QED) is 0.479. The molecular formula is C11H7NO3S. The monoisotopic (exact) mass is 233 g/mol. The third-order valence-corrected chi connectivity index (χ3v) is 2.68. The number of H-pyrrole nitrogens is 1. The minimum Gasteiger partial charge on any atom is -0.429 e. The van der Waals surface area contributed by atoms with Crippen molar-refractivity contribution in [3.05, 3.63) is 39.0 Å². The summed E-state index contributed by atoms with van der Waals surface area (Å²) in [7, 11) is 0. The van der Waals surface area contributed by atoms with Crippen molar-refractivity contribution < 1.29 is 8.83 Å². The number of aromatic amines is 1. The van der Waals surface area contributed by atoms with Gasteiger partial charge in [0.05, 0.1) is 5.52 Å². The van der Waals surface area contributed by atoms with Gasteiger partial charge in [-0.2, -0.15) is 0 Å². The van der Waals surface area contributed by atoms with E-state index in [2.05, 4.69) is 4.98 Å². The Balaban J connectivity index is 2.60. The average molecular weight is 233 g/mol. The molecule has 0 atom stereocenters. The minimum absolute atomic E-state index is 0.310. The van der Waals surface area contributed by atoms with Crippen molar-refractivity contribution in [2.24, 2.45) is 0 Å². The molecule has 16 heavy (non-hydrogen) atoms. The summed E-state index contributed by atoms with van der Waals surface area (Å²) in [6.45, 7) is 1.86. The Labute approximate surface area is 94.5 Å². The predicted molar refractivity (Wildman–Crippen MR) is 62.2 cm³/mol. The molecule has 0 fully saturated rings. The van der Waals surface area contributed by atoms with Crippen molar-refractivity contribution in [2.75, 3.05) is 0 Å². The number of hydrogen-bond donors (Lipinski definition) is 1. The summed E-state index contributed by atoms with van der Waals surface area (Å²) >= 11 is 4.90. The standard InChI is InChI=1S/C11H7NO3S/c1-5-2-10(13)14-8-4-9-7(3-6(5)8)12-11(16)15-9/h2-4H,1H3,(H,12,16). The molecule has 0 radical (unpaired) electrons. The SMILES string of the molecule is Cc1cc(=O)oc2cc3oc(=S)[nH]c3cc12. The molecule has 0 unspecified atom stereocenters. The number of aryl methyl sites for hydroxylation is 1. The molecule has 0 aliphatic rings. The van der Waals surface area contributed by atoms with Crippen LogP contribution >= 0.6 is 12.2 Å². The fourth-order valence-corrected chi connectivity index (χ4v) is 1.96. The third kappa shape index (κ3) is 1.29. The van der Waals surface area contributed by atoms with E-state index in [9.17, 15) is 4.79 Å². The van der Waals surface area contributed by atoms with Crippen LogP contribution in [0, 0.1) is 11.8 Å². The predicted octanol–water partition coefficient (Wildman–Crippen LogP) is 2.91. The van der Waals surface area contributed by atoms with Gasteiger partial charge in [0.1, 0.15) is 5.58 Å². The van der Waals surface area contributed by atoms with Crippen LogP contribution < -0.4 is 5.63 Å². The van der Waals surface area contributed by atoms with E-state index in [1.165, 1.54) is 6.07 Å². The highest BCUT2D eigenvalue weighted by molar-refractivity contribution is 7.71. The summed E-state index contributed by atoms with van der Waals surface area (Å²) in [5.41, 5.74) is 2.41. The van der Waals surface area contributed by atoms with Crippen LogP contribution in [0.5, 0.6) is 0 Å². The first-order valence-corrected chi connectivity index (χ1v) is 5.12. The second-order valence-electron chi connectivity index (χ2n) is 3.61. The Morgan fingerprint density at radius 2 is 2.00 bits per heavy atom. The van der Waals surface area contributed by atoms with E-state index < -0.39 is 0 Å². The normalized spacial score (nSPS) is 11.3. The zero-order valence-corrected chi connectivity index (χ0v) is 9.18. The minimum atomic E-state index is -0.363. The van der Waals surface area contributed by atoms with Crippen LogP contribution in [0.3, 0.4) is 0 Å². The Bertz CT molecular complexity index is 809. The van der Waals surface area contributed by atoms with E-state index in [1.54, 1.807) is 6.07 Å². The van der Waals surface area contributed by atoms with Crippen LogP contribution in [-0.4, -0.2) is 4.98 Å². The van der Waals surface area contributed by atoms with Gasteiger partial charge in [0.2, 0.25) is 0 Å². The lowest BCUT2D eigenvalue weighted by Crippen LogP contribution is -1.97. The molecule has 0 aliphatic carbocycles. The summed E-state index contributed by atoms with van der Waals surface area (Å²) < 4.78 is 10.3. The number of benzene rings is 1. The molecule has 0 saturated heterocycles. The first-order chi connectivity index (χ1) is 7.63. The summed E-state index contributed by atoms with van der Waals surface area (Å²) in [6.07, 6.45) is 0. The molecule has 1 N–H and O–H groups in total. The second kappa shape index (κ2) is 3.05. The maximum Gasteiger partial charge on any atom is 0.336 e. The number of hydrogen-bond acceptors (Lipinski definition) is 4. The maximum atomic E-state index is 11.2. The Hall–Kier alpha value is -1.88. The lowest BCUT2D eigenvalue weighted by molar-refractivity contribution is 0.556. The Morgan fingerprint density at radius 1 is 1.19 bits per heavy atom. The van der Waals surface area contributed by atoms with Gasteiger partial charge in [-0.1, -0.05) is 0 Å².